The van der Waals surface area contributed by atoms with Crippen molar-refractivity contribution in [3.63, 3.8) is 0 Å². The van der Waals surface area contributed by atoms with Gasteiger partial charge in [-0.2, -0.15) is 0 Å². The van der Waals surface area contributed by atoms with E-state index in [-0.39, 0.29) is 0 Å². The zero-order chi connectivity index (χ0) is 15.4. The number of ether oxygens (including phenoxy) is 2. The van der Waals surface area contributed by atoms with Gasteiger partial charge in [-0.3, -0.25) is 0 Å². The van der Waals surface area contributed by atoms with Crippen LogP contribution in [-0.2, 0) is 0 Å². The van der Waals surface area contributed by atoms with Gasteiger partial charge in [0, 0.05) is 11.8 Å². The molecule has 3 rings (SSSR count). The molecule has 3 aromatic rings. The van der Waals surface area contributed by atoms with Gasteiger partial charge in [-0.1, -0.05) is 0 Å². The second-order valence-corrected chi connectivity index (χ2v) is 5.41. The molecule has 2 aromatic heterocycles. The monoisotopic (exact) mass is 315 g/mol. The molecule has 0 aliphatic heterocycles. The number of anilines is 2. The van der Waals surface area contributed by atoms with E-state index in [0.29, 0.717) is 13.2 Å². The van der Waals surface area contributed by atoms with Crippen molar-refractivity contribution in [1.82, 2.24) is 9.97 Å². The Labute approximate surface area is 132 Å². The van der Waals surface area contributed by atoms with Gasteiger partial charge in [-0.25, -0.2) is 9.97 Å². The number of nitrogens with one attached hydrogen (secondary N) is 1. The maximum atomic E-state index is 5.64. The van der Waals surface area contributed by atoms with Crippen LogP contribution in [0.5, 0.6) is 11.5 Å². The molecule has 22 heavy (non-hydrogen) atoms. The summed E-state index contributed by atoms with van der Waals surface area (Å²) >= 11 is 1.60. The third-order valence-corrected chi connectivity index (χ3v) is 3.89. The van der Waals surface area contributed by atoms with Crippen molar-refractivity contribution in [1.29, 1.82) is 0 Å². The van der Waals surface area contributed by atoms with Crippen molar-refractivity contribution in [2.45, 2.75) is 13.8 Å². The molecule has 0 saturated carbocycles. The van der Waals surface area contributed by atoms with Gasteiger partial charge in [-0.15, -0.1) is 11.3 Å². The van der Waals surface area contributed by atoms with E-state index in [1.54, 1.807) is 17.7 Å². The highest BCUT2D eigenvalue weighted by atomic mass is 32.1. The van der Waals surface area contributed by atoms with Gasteiger partial charge in [-0.05, 0) is 37.4 Å². The average Bonchev–Trinajstić information content (AvgIpc) is 3.00. The first-order chi connectivity index (χ1) is 10.8. The van der Waals surface area contributed by atoms with E-state index in [2.05, 4.69) is 15.3 Å². The highest BCUT2D eigenvalue weighted by Gasteiger charge is 2.09. The molecule has 0 aliphatic rings. The predicted molar refractivity (Wildman–Crippen MR) is 89.5 cm³/mol. The second kappa shape index (κ2) is 6.62. The van der Waals surface area contributed by atoms with Crippen LogP contribution in [0.3, 0.4) is 0 Å². The van der Waals surface area contributed by atoms with E-state index in [1.807, 2.05) is 43.5 Å². The molecular weight excluding hydrogens is 298 g/mol. The fourth-order valence-electron chi connectivity index (χ4n) is 2.16. The zero-order valence-electron chi connectivity index (χ0n) is 12.5. The standard InChI is InChI=1S/C16H17N3O2S/c1-3-20-13-6-5-11(9-14(13)21-4-2)19-15-12-7-8-22-16(12)18-10-17-15/h5-10H,3-4H2,1-2H3,(H,17,18,19). The number of benzene rings is 1. The molecule has 0 atom stereocenters. The van der Waals surface area contributed by atoms with E-state index >= 15 is 0 Å². The minimum atomic E-state index is 0.589. The quantitative estimate of drug-likeness (QED) is 0.737. The van der Waals surface area contributed by atoms with Crippen LogP contribution < -0.4 is 14.8 Å². The summed E-state index contributed by atoms with van der Waals surface area (Å²) in [7, 11) is 0. The summed E-state index contributed by atoms with van der Waals surface area (Å²) in [6.07, 6.45) is 1.57. The smallest absolute Gasteiger partial charge is 0.163 e. The number of rotatable bonds is 6. The molecular formula is C16H17N3O2S. The SMILES string of the molecule is CCOc1ccc(Nc2ncnc3sccc23)cc1OCC. The Balaban J connectivity index is 1.91. The first-order valence-corrected chi connectivity index (χ1v) is 8.04. The fraction of sp³-hybridized carbons (Fsp3) is 0.250. The lowest BCUT2D eigenvalue weighted by Crippen LogP contribution is -2.00. The van der Waals surface area contributed by atoms with Crippen LogP contribution in [0.15, 0.2) is 36.0 Å². The van der Waals surface area contributed by atoms with Crippen molar-refractivity contribution < 1.29 is 9.47 Å². The van der Waals surface area contributed by atoms with E-state index in [9.17, 15) is 0 Å². The van der Waals surface area contributed by atoms with Gasteiger partial charge < -0.3 is 14.8 Å². The van der Waals surface area contributed by atoms with E-state index < -0.39 is 0 Å². The normalized spacial score (nSPS) is 10.6. The summed E-state index contributed by atoms with van der Waals surface area (Å²) in [5.41, 5.74) is 0.901. The van der Waals surface area contributed by atoms with Gasteiger partial charge in [0.1, 0.15) is 17.0 Å². The van der Waals surface area contributed by atoms with Gasteiger partial charge in [0.15, 0.2) is 11.5 Å². The molecule has 0 spiro atoms. The van der Waals surface area contributed by atoms with Crippen LogP contribution in [0, 0.1) is 0 Å². The molecule has 0 amide bonds. The number of hydrogen-bond donors (Lipinski definition) is 1. The first kappa shape index (κ1) is 14.6. The summed E-state index contributed by atoms with van der Waals surface area (Å²) in [5, 5.41) is 6.34. The summed E-state index contributed by atoms with van der Waals surface area (Å²) in [5.74, 6) is 2.26. The maximum absolute atomic E-state index is 5.64. The molecule has 5 nitrogen and oxygen atoms in total. The van der Waals surface area contributed by atoms with Gasteiger partial charge in [0.25, 0.3) is 0 Å². The average molecular weight is 315 g/mol. The minimum absolute atomic E-state index is 0.589. The number of fused-ring (bicyclic) bond motifs is 1. The van der Waals surface area contributed by atoms with Gasteiger partial charge in [0.2, 0.25) is 0 Å². The molecule has 114 valence electrons. The second-order valence-electron chi connectivity index (χ2n) is 4.51. The Morgan fingerprint density at radius 2 is 1.86 bits per heavy atom. The number of thiophene rings is 1. The molecule has 0 aliphatic carbocycles. The fourth-order valence-corrected chi connectivity index (χ4v) is 2.89. The molecule has 0 bridgehead atoms. The van der Waals surface area contributed by atoms with Crippen LogP contribution in [0.1, 0.15) is 13.8 Å². The van der Waals surface area contributed by atoms with Crippen LogP contribution >= 0.6 is 11.3 Å². The first-order valence-electron chi connectivity index (χ1n) is 7.16. The summed E-state index contributed by atoms with van der Waals surface area (Å²) < 4.78 is 11.2. The largest absolute Gasteiger partial charge is 0.490 e. The molecule has 1 aromatic carbocycles. The van der Waals surface area contributed by atoms with Crippen molar-refractivity contribution in [2.24, 2.45) is 0 Å². The molecule has 2 heterocycles. The van der Waals surface area contributed by atoms with Crippen LogP contribution in [-0.4, -0.2) is 23.2 Å². The van der Waals surface area contributed by atoms with Crippen LogP contribution in [0.4, 0.5) is 11.5 Å². The lowest BCUT2D eigenvalue weighted by atomic mass is 10.2. The van der Waals surface area contributed by atoms with E-state index in [0.717, 1.165) is 33.2 Å². The number of hydrogen-bond acceptors (Lipinski definition) is 6. The Kier molecular flexibility index (Phi) is 4.39. The third-order valence-electron chi connectivity index (χ3n) is 3.07. The summed E-state index contributed by atoms with van der Waals surface area (Å²) in [6, 6.07) is 7.80. The third kappa shape index (κ3) is 2.96. The Hall–Kier alpha value is -2.34. The van der Waals surface area contributed by atoms with E-state index in [1.165, 1.54) is 0 Å². The van der Waals surface area contributed by atoms with Crippen molar-refractivity contribution in [3.8, 4) is 11.5 Å². The molecule has 0 unspecified atom stereocenters. The summed E-state index contributed by atoms with van der Waals surface area (Å²) in [4.78, 5) is 9.54. The van der Waals surface area contributed by atoms with Gasteiger partial charge >= 0.3 is 0 Å². The predicted octanol–water partition coefficient (Wildman–Crippen LogP) is 4.23. The Morgan fingerprint density at radius 1 is 1.05 bits per heavy atom. The summed E-state index contributed by atoms with van der Waals surface area (Å²) in [6.45, 7) is 5.10. The Bertz CT molecular complexity index is 773. The molecule has 0 fully saturated rings. The molecule has 0 radical (unpaired) electrons. The van der Waals surface area contributed by atoms with Crippen molar-refractivity contribution in [3.05, 3.63) is 36.0 Å². The Morgan fingerprint density at radius 3 is 2.68 bits per heavy atom. The van der Waals surface area contributed by atoms with Gasteiger partial charge in [0.05, 0.1) is 18.6 Å². The maximum Gasteiger partial charge on any atom is 0.163 e. The lowest BCUT2D eigenvalue weighted by molar-refractivity contribution is 0.288. The highest BCUT2D eigenvalue weighted by Crippen LogP contribution is 2.33. The van der Waals surface area contributed by atoms with Crippen molar-refractivity contribution >= 4 is 33.1 Å². The van der Waals surface area contributed by atoms with Crippen molar-refractivity contribution in [2.75, 3.05) is 18.5 Å². The van der Waals surface area contributed by atoms with E-state index in [4.69, 9.17) is 9.47 Å². The molecule has 6 heteroatoms. The van der Waals surface area contributed by atoms with Crippen LogP contribution in [0.2, 0.25) is 0 Å². The topological polar surface area (TPSA) is 56.3 Å². The number of nitrogens with zero attached hydrogens (tertiary/aromatic N) is 2. The highest BCUT2D eigenvalue weighted by molar-refractivity contribution is 7.16. The minimum Gasteiger partial charge on any atom is -0.490 e. The zero-order valence-corrected chi connectivity index (χ0v) is 13.3. The lowest BCUT2D eigenvalue weighted by Gasteiger charge is -2.13. The molecule has 1 N–H and O–H groups in total. The number of aromatic nitrogens is 2. The van der Waals surface area contributed by atoms with Crippen LogP contribution in [0.25, 0.3) is 10.2 Å². The molecule has 0 saturated heterocycles.